The van der Waals surface area contributed by atoms with Crippen molar-refractivity contribution < 1.29 is 8.83 Å². The monoisotopic (exact) mass is 827 g/mol. The average molecular weight is 828 g/mol. The van der Waals surface area contributed by atoms with Gasteiger partial charge in [0.05, 0.1) is 5.52 Å². The molecule has 4 heterocycles. The molecule has 0 saturated heterocycles. The van der Waals surface area contributed by atoms with Gasteiger partial charge in [-0.15, -0.1) is 0 Å². The molecule has 4 nitrogen and oxygen atoms in total. The summed E-state index contributed by atoms with van der Waals surface area (Å²) in [4.78, 5) is 0. The molecular formula is C59H48BN2O2. The third kappa shape index (κ3) is 5.24. The predicted octanol–water partition coefficient (Wildman–Crippen LogP) is 14.9. The fourth-order valence-electron chi connectivity index (χ4n) is 11.0. The molecule has 0 amide bonds. The minimum atomic E-state index is -0.189. The third-order valence-electron chi connectivity index (χ3n) is 14.5. The van der Waals surface area contributed by atoms with Gasteiger partial charge in [0.15, 0.2) is 7.28 Å². The summed E-state index contributed by atoms with van der Waals surface area (Å²) in [6, 6.07) is 51.7. The molecule has 0 atom stereocenters. The second-order valence-corrected chi connectivity index (χ2v) is 20.9. The van der Waals surface area contributed by atoms with E-state index in [4.69, 9.17) is 8.83 Å². The van der Waals surface area contributed by atoms with E-state index in [1.54, 1.807) is 0 Å². The number of para-hydroxylation sites is 2. The van der Waals surface area contributed by atoms with Crippen molar-refractivity contribution in [1.29, 1.82) is 0 Å². The second kappa shape index (κ2) is 12.6. The quantitative estimate of drug-likeness (QED) is 0.180. The summed E-state index contributed by atoms with van der Waals surface area (Å²) < 4.78 is 15.6. The molecule has 1 aliphatic heterocycles. The summed E-state index contributed by atoms with van der Waals surface area (Å²) in [6.07, 6.45) is 0. The highest BCUT2D eigenvalue weighted by atomic mass is 16.3. The number of rotatable bonds is 3. The summed E-state index contributed by atoms with van der Waals surface area (Å²) >= 11 is 0. The SMILES string of the molecule is CC(C)(C)c1ccc(Nc2cc3c(cc2-c2ccc4c5cc6c(cc5n5c4c2[B]c2cc4oc7ccccc7c4cc2-5)oc2ccccc26)-c2ccc(C(C)(C)C)cc2C3(C)C)cc1. The molecule has 5 heteroatoms. The fraction of sp³-hybridized carbons (Fsp3) is 0.186. The highest BCUT2D eigenvalue weighted by Gasteiger charge is 2.38. The maximum atomic E-state index is 6.57. The topological polar surface area (TPSA) is 43.2 Å². The van der Waals surface area contributed by atoms with Crippen LogP contribution in [0.3, 0.4) is 0 Å². The Hall–Kier alpha value is -6.98. The molecule has 8 aromatic carbocycles. The van der Waals surface area contributed by atoms with Crippen LogP contribution >= 0.6 is 0 Å². The van der Waals surface area contributed by atoms with Crippen molar-refractivity contribution in [2.45, 2.75) is 71.6 Å². The van der Waals surface area contributed by atoms with Crippen LogP contribution in [0.25, 0.3) is 93.6 Å². The number of anilines is 2. The largest absolute Gasteiger partial charge is 0.456 e. The van der Waals surface area contributed by atoms with Crippen LogP contribution in [0.5, 0.6) is 0 Å². The van der Waals surface area contributed by atoms with Crippen molar-refractivity contribution in [3.05, 3.63) is 162 Å². The second-order valence-electron chi connectivity index (χ2n) is 20.9. The summed E-state index contributed by atoms with van der Waals surface area (Å²) in [5, 5.41) is 10.9. The van der Waals surface area contributed by atoms with Crippen LogP contribution in [0.1, 0.15) is 77.6 Å². The molecule has 1 N–H and O–H groups in total. The highest BCUT2D eigenvalue weighted by molar-refractivity contribution is 6.73. The molecule has 11 aromatic rings. The Bertz CT molecular complexity index is 3820. The molecule has 64 heavy (non-hydrogen) atoms. The lowest BCUT2D eigenvalue weighted by Crippen LogP contribution is -2.37. The average Bonchev–Trinajstić information content (AvgIpc) is 3.98. The zero-order valence-electron chi connectivity index (χ0n) is 37.6. The molecule has 3 aromatic heterocycles. The molecule has 0 fully saturated rings. The van der Waals surface area contributed by atoms with Crippen LogP contribution in [0.15, 0.2) is 148 Å². The number of benzene rings is 8. The third-order valence-corrected chi connectivity index (χ3v) is 14.5. The number of aromatic nitrogens is 1. The maximum Gasteiger partial charge on any atom is 0.198 e. The fourth-order valence-corrected chi connectivity index (χ4v) is 11.0. The van der Waals surface area contributed by atoms with Crippen molar-refractivity contribution in [1.82, 2.24) is 4.57 Å². The number of furan rings is 2. The first-order valence-corrected chi connectivity index (χ1v) is 22.7. The number of hydrogen-bond acceptors (Lipinski definition) is 3. The van der Waals surface area contributed by atoms with Gasteiger partial charge in [0, 0.05) is 71.9 Å². The van der Waals surface area contributed by atoms with Crippen LogP contribution in [-0.2, 0) is 16.2 Å². The van der Waals surface area contributed by atoms with E-state index in [0.717, 1.165) is 71.9 Å². The molecule has 0 saturated carbocycles. The highest BCUT2D eigenvalue weighted by Crippen LogP contribution is 2.53. The normalized spacial score (nSPS) is 14.2. The van der Waals surface area contributed by atoms with Gasteiger partial charge >= 0.3 is 0 Å². The van der Waals surface area contributed by atoms with E-state index >= 15 is 0 Å². The summed E-state index contributed by atoms with van der Waals surface area (Å²) in [5.74, 6) is 0. The Morgan fingerprint density at radius 2 is 1.12 bits per heavy atom. The van der Waals surface area contributed by atoms with Gasteiger partial charge in [0.1, 0.15) is 22.3 Å². The van der Waals surface area contributed by atoms with Gasteiger partial charge in [-0.25, -0.2) is 0 Å². The van der Waals surface area contributed by atoms with Gasteiger partial charge in [-0.1, -0.05) is 140 Å². The van der Waals surface area contributed by atoms with E-state index < -0.39 is 0 Å². The van der Waals surface area contributed by atoms with Crippen LogP contribution in [0, 0.1) is 0 Å². The van der Waals surface area contributed by atoms with Crippen molar-refractivity contribution in [2.24, 2.45) is 0 Å². The summed E-state index contributed by atoms with van der Waals surface area (Å²) in [7, 11) is 2.40. The number of nitrogens with one attached hydrogen (secondary N) is 1. The Kier molecular flexibility index (Phi) is 7.40. The number of fused-ring (bicyclic) bond motifs is 14. The molecule has 1 radical (unpaired) electrons. The van der Waals surface area contributed by atoms with Gasteiger partial charge in [0.2, 0.25) is 0 Å². The summed E-state index contributed by atoms with van der Waals surface area (Å²) in [5.41, 5.74) is 21.8. The first-order chi connectivity index (χ1) is 30.7. The van der Waals surface area contributed by atoms with Gasteiger partial charge in [-0.3, -0.25) is 0 Å². The zero-order chi connectivity index (χ0) is 43.6. The lowest BCUT2D eigenvalue weighted by molar-refractivity contribution is 0.584. The lowest BCUT2D eigenvalue weighted by Gasteiger charge is -2.27. The van der Waals surface area contributed by atoms with E-state index in [-0.39, 0.29) is 16.2 Å². The van der Waals surface area contributed by atoms with Crippen molar-refractivity contribution >= 4 is 95.3 Å². The van der Waals surface area contributed by atoms with Crippen molar-refractivity contribution in [3.8, 4) is 27.9 Å². The van der Waals surface area contributed by atoms with Crippen LogP contribution in [0.2, 0.25) is 0 Å². The first-order valence-electron chi connectivity index (χ1n) is 22.7. The van der Waals surface area contributed by atoms with Crippen LogP contribution in [-0.4, -0.2) is 11.8 Å². The Labute approximate surface area is 373 Å². The Morgan fingerprint density at radius 3 is 1.83 bits per heavy atom. The van der Waals surface area contributed by atoms with Crippen molar-refractivity contribution in [3.63, 3.8) is 0 Å². The molecule has 0 bridgehead atoms. The zero-order valence-corrected chi connectivity index (χ0v) is 37.6. The smallest absolute Gasteiger partial charge is 0.198 e. The van der Waals surface area contributed by atoms with Crippen LogP contribution < -0.4 is 16.2 Å². The summed E-state index contributed by atoms with van der Waals surface area (Å²) in [6.45, 7) is 18.5. The van der Waals surface area contributed by atoms with E-state index in [1.807, 2.05) is 12.1 Å². The number of nitrogens with zero attached hydrogens (tertiary/aromatic N) is 1. The minimum Gasteiger partial charge on any atom is -0.456 e. The molecule has 0 unspecified atom stereocenters. The van der Waals surface area contributed by atoms with E-state index in [0.29, 0.717) is 0 Å². The van der Waals surface area contributed by atoms with Crippen molar-refractivity contribution in [2.75, 3.05) is 5.32 Å². The lowest BCUT2D eigenvalue weighted by atomic mass is 9.59. The molecule has 309 valence electrons. The first kappa shape index (κ1) is 37.6. The molecule has 13 rings (SSSR count). The molecule has 0 spiro atoms. The predicted molar refractivity (Wildman–Crippen MR) is 270 cm³/mol. The molecule has 2 aliphatic rings. The molecular weight excluding hydrogens is 779 g/mol. The van der Waals surface area contributed by atoms with E-state index in [1.165, 1.54) is 66.3 Å². The van der Waals surface area contributed by atoms with E-state index in [2.05, 4.69) is 200 Å². The number of hydrogen-bond donors (Lipinski definition) is 1. The van der Waals surface area contributed by atoms with Gasteiger partial charge in [0.25, 0.3) is 0 Å². The Balaban J connectivity index is 1.10. The van der Waals surface area contributed by atoms with Gasteiger partial charge in [-0.2, -0.15) is 0 Å². The minimum absolute atomic E-state index is 0.0449. The maximum absolute atomic E-state index is 6.57. The van der Waals surface area contributed by atoms with E-state index in [9.17, 15) is 0 Å². The van der Waals surface area contributed by atoms with Gasteiger partial charge in [-0.05, 0) is 110 Å². The standard InChI is InChI=1S/C59H48BN2O2/c1-57(2,3)32-17-20-34(21-18-32)61-48-29-46-40(35-22-19-33(58(4,5)6)25-45(35)59(46,7)8)26-41(48)38-23-24-39-42-27-43-36-13-9-11-15-51(36)64-54(43)31-49(42)62-50-28-44-37-14-10-12-16-52(37)63-53(44)30-47(50)60-55(38)56(39)62/h9-31,61H,1-8H3. The van der Waals surface area contributed by atoms with Gasteiger partial charge < -0.3 is 18.7 Å². The Morgan fingerprint density at radius 1 is 0.500 bits per heavy atom. The van der Waals surface area contributed by atoms with Crippen LogP contribution in [0.4, 0.5) is 11.4 Å². The molecule has 1 aliphatic carbocycles.